The van der Waals surface area contributed by atoms with Gasteiger partial charge in [0.15, 0.2) is 0 Å². The van der Waals surface area contributed by atoms with E-state index in [1.807, 2.05) is 0 Å². The Morgan fingerprint density at radius 1 is 1.28 bits per heavy atom. The molecule has 1 N–H and O–H groups in total. The Hall–Kier alpha value is -3.01. The summed E-state index contributed by atoms with van der Waals surface area (Å²) >= 11 is 0. The van der Waals surface area contributed by atoms with Gasteiger partial charge in [-0.05, 0) is 18.9 Å². The number of fused-ring (bicyclic) bond motifs is 1. The molecule has 1 saturated heterocycles. The van der Waals surface area contributed by atoms with Gasteiger partial charge in [0.1, 0.15) is 12.4 Å². The molecule has 1 atom stereocenters. The molecule has 154 valence electrons. The Bertz CT molecular complexity index is 979. The van der Waals surface area contributed by atoms with Crippen LogP contribution in [0.1, 0.15) is 29.0 Å². The number of carbonyl (C=O) groups is 2. The Balaban J connectivity index is 1.43. The van der Waals surface area contributed by atoms with Crippen molar-refractivity contribution >= 4 is 11.8 Å². The summed E-state index contributed by atoms with van der Waals surface area (Å²) in [7, 11) is 0. The van der Waals surface area contributed by atoms with Crippen LogP contribution in [-0.2, 0) is 29.2 Å². The minimum absolute atomic E-state index is 0.000563. The molecule has 2 aromatic rings. The Morgan fingerprint density at radius 3 is 2.86 bits per heavy atom. The first kappa shape index (κ1) is 19.3. The van der Waals surface area contributed by atoms with Crippen LogP contribution in [0.2, 0.25) is 0 Å². The minimum atomic E-state index is -0.508. The Kier molecular flexibility index (Phi) is 5.43. The van der Waals surface area contributed by atoms with Gasteiger partial charge in [0.25, 0.3) is 5.91 Å². The number of rotatable bonds is 6. The summed E-state index contributed by atoms with van der Waals surface area (Å²) < 4.78 is 21.6. The van der Waals surface area contributed by atoms with Gasteiger partial charge in [-0.15, -0.1) is 5.10 Å². The van der Waals surface area contributed by atoms with Crippen molar-refractivity contribution in [1.82, 2.24) is 24.6 Å². The highest BCUT2D eigenvalue weighted by atomic mass is 19.1. The molecule has 29 heavy (non-hydrogen) atoms. The second-order valence-corrected chi connectivity index (χ2v) is 7.17. The minimum Gasteiger partial charge on any atom is -0.376 e. The maximum atomic E-state index is 13.9. The number of aromatic nitrogens is 3. The zero-order valence-corrected chi connectivity index (χ0v) is 15.8. The molecule has 0 bridgehead atoms. The molecule has 1 unspecified atom stereocenters. The van der Waals surface area contributed by atoms with Crippen molar-refractivity contribution in [3.05, 3.63) is 52.0 Å². The Labute approximate surface area is 166 Å². The number of nitrogens with one attached hydrogen (secondary N) is 1. The average molecular weight is 403 g/mol. The van der Waals surface area contributed by atoms with E-state index >= 15 is 0 Å². The molecule has 2 aliphatic heterocycles. The largest absolute Gasteiger partial charge is 0.376 e. The van der Waals surface area contributed by atoms with Crippen molar-refractivity contribution < 1.29 is 18.7 Å². The normalized spacial score (nSPS) is 18.7. The maximum absolute atomic E-state index is 13.9. The molecule has 0 radical (unpaired) electrons. The molecule has 2 aliphatic rings. The van der Waals surface area contributed by atoms with E-state index in [0.717, 1.165) is 17.5 Å². The molecule has 9 nitrogen and oxygen atoms in total. The third-order valence-electron chi connectivity index (χ3n) is 5.16. The maximum Gasteiger partial charge on any atom is 0.346 e. The van der Waals surface area contributed by atoms with Crippen LogP contribution in [0, 0.1) is 5.82 Å². The van der Waals surface area contributed by atoms with Gasteiger partial charge in [0, 0.05) is 38.3 Å². The van der Waals surface area contributed by atoms with Gasteiger partial charge in [0.05, 0.1) is 6.10 Å². The number of nitrogens with zero attached hydrogens (tertiary/aromatic N) is 4. The van der Waals surface area contributed by atoms with Gasteiger partial charge < -0.3 is 15.0 Å². The summed E-state index contributed by atoms with van der Waals surface area (Å²) in [4.78, 5) is 38.8. The van der Waals surface area contributed by atoms with E-state index in [4.69, 9.17) is 4.74 Å². The fraction of sp³-hybridized carbons (Fsp3) is 0.474. The topological polar surface area (TPSA) is 98.5 Å². The molecule has 3 heterocycles. The van der Waals surface area contributed by atoms with Crippen LogP contribution in [0.15, 0.2) is 29.1 Å². The third-order valence-corrected chi connectivity index (χ3v) is 5.16. The van der Waals surface area contributed by atoms with E-state index in [1.54, 1.807) is 18.2 Å². The van der Waals surface area contributed by atoms with E-state index in [9.17, 15) is 18.8 Å². The summed E-state index contributed by atoms with van der Waals surface area (Å²) in [5.41, 5.74) is -0.115. The highest BCUT2D eigenvalue weighted by molar-refractivity contribution is 5.91. The molecule has 0 aliphatic carbocycles. The van der Waals surface area contributed by atoms with Crippen LogP contribution in [0.5, 0.6) is 0 Å². The molecule has 10 heteroatoms. The molecular weight excluding hydrogens is 381 g/mol. The van der Waals surface area contributed by atoms with Crippen molar-refractivity contribution in [2.24, 2.45) is 0 Å². The summed E-state index contributed by atoms with van der Waals surface area (Å²) in [6.07, 6.45) is 1.87. The third kappa shape index (κ3) is 4.07. The first-order valence-corrected chi connectivity index (χ1v) is 9.61. The van der Waals surface area contributed by atoms with Crippen LogP contribution in [0.4, 0.5) is 4.39 Å². The first-order valence-electron chi connectivity index (χ1n) is 9.61. The lowest BCUT2D eigenvalue weighted by Gasteiger charge is -2.26. The fourth-order valence-corrected chi connectivity index (χ4v) is 3.58. The van der Waals surface area contributed by atoms with Crippen molar-refractivity contribution in [2.45, 2.75) is 38.6 Å². The van der Waals surface area contributed by atoms with E-state index in [0.29, 0.717) is 18.7 Å². The van der Waals surface area contributed by atoms with Crippen LogP contribution in [0.3, 0.4) is 0 Å². The van der Waals surface area contributed by atoms with Crippen LogP contribution >= 0.6 is 0 Å². The lowest BCUT2D eigenvalue weighted by molar-refractivity contribution is -0.122. The van der Waals surface area contributed by atoms with Crippen LogP contribution in [-0.4, -0.2) is 56.9 Å². The fourth-order valence-electron chi connectivity index (χ4n) is 3.58. The van der Waals surface area contributed by atoms with E-state index < -0.39 is 17.4 Å². The van der Waals surface area contributed by atoms with Crippen LogP contribution in [0.25, 0.3) is 0 Å². The Morgan fingerprint density at radius 2 is 2.10 bits per heavy atom. The quantitative estimate of drug-likeness (QED) is 0.740. The first-order chi connectivity index (χ1) is 14.0. The summed E-state index contributed by atoms with van der Waals surface area (Å²) in [5, 5.41) is 6.79. The number of carbonyl (C=O) groups excluding carboxylic acids is 2. The van der Waals surface area contributed by atoms with Crippen molar-refractivity contribution in [2.75, 3.05) is 19.7 Å². The van der Waals surface area contributed by atoms with Crippen LogP contribution < -0.4 is 11.0 Å². The van der Waals surface area contributed by atoms with Gasteiger partial charge in [-0.25, -0.2) is 13.9 Å². The monoisotopic (exact) mass is 403 g/mol. The van der Waals surface area contributed by atoms with Crippen molar-refractivity contribution in [3.8, 4) is 0 Å². The van der Waals surface area contributed by atoms with Gasteiger partial charge in [0.2, 0.25) is 11.7 Å². The molecule has 1 fully saturated rings. The molecule has 0 spiro atoms. The number of amides is 2. The van der Waals surface area contributed by atoms with Gasteiger partial charge in [-0.3, -0.25) is 14.2 Å². The predicted octanol–water partition coefficient (Wildman–Crippen LogP) is 0.135. The lowest BCUT2D eigenvalue weighted by atomic mass is 10.2. The zero-order valence-electron chi connectivity index (χ0n) is 15.8. The summed E-state index contributed by atoms with van der Waals surface area (Å²) in [6, 6.07) is 6.23. The SMILES string of the molecule is O=C(Cn1nc2n(c1=O)CCN(Cc1ccccc1F)C2=O)NCC1CCCO1. The lowest BCUT2D eigenvalue weighted by Crippen LogP contribution is -2.43. The summed E-state index contributed by atoms with van der Waals surface area (Å²) in [6.45, 7) is 1.40. The number of hydrogen-bond donors (Lipinski definition) is 1. The number of halogens is 1. The van der Waals surface area contributed by atoms with E-state index in [2.05, 4.69) is 10.4 Å². The number of benzene rings is 1. The molecule has 1 aromatic heterocycles. The summed E-state index contributed by atoms with van der Waals surface area (Å²) in [5.74, 6) is -1.26. The number of hydrogen-bond acceptors (Lipinski definition) is 5. The molecular formula is C19H22FN5O4. The molecule has 0 saturated carbocycles. The van der Waals surface area contributed by atoms with Crippen molar-refractivity contribution in [1.29, 1.82) is 0 Å². The molecule has 2 amide bonds. The van der Waals surface area contributed by atoms with E-state index in [1.165, 1.54) is 15.5 Å². The highest BCUT2D eigenvalue weighted by Crippen LogP contribution is 2.15. The van der Waals surface area contributed by atoms with Crippen molar-refractivity contribution in [3.63, 3.8) is 0 Å². The van der Waals surface area contributed by atoms with Gasteiger partial charge >= 0.3 is 5.69 Å². The predicted molar refractivity (Wildman–Crippen MR) is 99.6 cm³/mol. The molecule has 1 aromatic carbocycles. The van der Waals surface area contributed by atoms with E-state index in [-0.39, 0.29) is 44.0 Å². The van der Waals surface area contributed by atoms with Gasteiger partial charge in [-0.2, -0.15) is 0 Å². The highest BCUT2D eigenvalue weighted by Gasteiger charge is 2.30. The average Bonchev–Trinajstić information content (AvgIpc) is 3.33. The standard InChI is InChI=1S/C19H22FN5O4/c20-15-6-2-1-4-13(15)11-23-7-8-24-17(18(23)27)22-25(19(24)28)12-16(26)21-10-14-5-3-9-29-14/h1-2,4,6,14H,3,5,7-12H2,(H,21,26). The second kappa shape index (κ2) is 8.16. The smallest absolute Gasteiger partial charge is 0.346 e. The zero-order chi connectivity index (χ0) is 20.4. The van der Waals surface area contributed by atoms with Gasteiger partial charge in [-0.1, -0.05) is 18.2 Å². The number of ether oxygens (including phenoxy) is 1. The second-order valence-electron chi connectivity index (χ2n) is 7.17. The molecule has 4 rings (SSSR count).